The Morgan fingerprint density at radius 2 is 1.86 bits per heavy atom. The van der Waals surface area contributed by atoms with E-state index in [2.05, 4.69) is 4.98 Å². The topological polar surface area (TPSA) is 71.6 Å². The van der Waals surface area contributed by atoms with Crippen LogP contribution >= 0.6 is 0 Å². The Balaban J connectivity index is 2.33. The van der Waals surface area contributed by atoms with Gasteiger partial charge in [-0.3, -0.25) is 4.79 Å². The van der Waals surface area contributed by atoms with Crippen LogP contribution in [0.4, 0.5) is 0 Å². The number of fused-ring (bicyclic) bond motifs is 2. The second-order valence-electron chi connectivity index (χ2n) is 5.40. The first-order valence-electron chi connectivity index (χ1n) is 7.03. The van der Waals surface area contributed by atoms with Gasteiger partial charge >= 0.3 is 0 Å². The second-order valence-corrected chi connectivity index (χ2v) is 5.40. The monoisotopic (exact) mass is 299 g/mol. The fourth-order valence-corrected chi connectivity index (χ4v) is 2.51. The van der Waals surface area contributed by atoms with Crippen molar-refractivity contribution in [3.63, 3.8) is 0 Å². The van der Waals surface area contributed by atoms with Crippen molar-refractivity contribution in [1.29, 1.82) is 0 Å². The molecule has 0 aliphatic heterocycles. The number of benzene rings is 2. The standard InChI is InChI=1S/C17H17NO4/c1-9(2)22-11-7-14-16(15(19)8-11)17(20)12-6-10(21-3)4-5-13(12)18-14/h4-9,19H,1-3H3,(H,18,20). The number of hydrogen-bond donors (Lipinski definition) is 2. The molecule has 0 bridgehead atoms. The van der Waals surface area contributed by atoms with E-state index in [1.807, 2.05) is 13.8 Å². The Morgan fingerprint density at radius 1 is 1.09 bits per heavy atom. The molecule has 2 N–H and O–H groups in total. The maximum Gasteiger partial charge on any atom is 0.201 e. The first-order chi connectivity index (χ1) is 10.5. The molecule has 0 radical (unpaired) electrons. The minimum absolute atomic E-state index is 0.0201. The Bertz CT molecular complexity index is 912. The smallest absolute Gasteiger partial charge is 0.201 e. The lowest BCUT2D eigenvalue weighted by Gasteiger charge is -2.12. The first-order valence-corrected chi connectivity index (χ1v) is 7.03. The Labute approximate surface area is 127 Å². The number of phenolic OH excluding ortho intramolecular Hbond substituents is 1. The van der Waals surface area contributed by atoms with Crippen molar-refractivity contribution < 1.29 is 14.6 Å². The normalized spacial score (nSPS) is 11.3. The number of nitrogens with one attached hydrogen (secondary N) is 1. The minimum atomic E-state index is -0.240. The van der Waals surface area contributed by atoms with Gasteiger partial charge in [-0.25, -0.2) is 0 Å². The number of hydrogen-bond acceptors (Lipinski definition) is 4. The number of methoxy groups -OCH3 is 1. The van der Waals surface area contributed by atoms with Gasteiger partial charge in [0.15, 0.2) is 0 Å². The van der Waals surface area contributed by atoms with Crippen LogP contribution in [0.1, 0.15) is 13.8 Å². The second kappa shape index (κ2) is 5.26. The van der Waals surface area contributed by atoms with Crippen LogP contribution in [0, 0.1) is 0 Å². The summed E-state index contributed by atoms with van der Waals surface area (Å²) in [4.78, 5) is 15.8. The zero-order valence-corrected chi connectivity index (χ0v) is 12.6. The van der Waals surface area contributed by atoms with E-state index in [0.717, 1.165) is 0 Å². The van der Waals surface area contributed by atoms with Gasteiger partial charge in [-0.05, 0) is 32.0 Å². The molecule has 3 rings (SSSR count). The highest BCUT2D eigenvalue weighted by Gasteiger charge is 2.12. The summed E-state index contributed by atoms with van der Waals surface area (Å²) in [5, 5.41) is 10.9. The quantitative estimate of drug-likeness (QED) is 0.729. The van der Waals surface area contributed by atoms with Crippen LogP contribution in [0.15, 0.2) is 35.1 Å². The Kier molecular flexibility index (Phi) is 3.41. The summed E-state index contributed by atoms with van der Waals surface area (Å²) >= 11 is 0. The van der Waals surface area contributed by atoms with Gasteiger partial charge in [0, 0.05) is 17.5 Å². The summed E-state index contributed by atoms with van der Waals surface area (Å²) < 4.78 is 10.7. The van der Waals surface area contributed by atoms with Gasteiger partial charge in [0.25, 0.3) is 0 Å². The molecule has 0 aliphatic carbocycles. The summed E-state index contributed by atoms with van der Waals surface area (Å²) in [7, 11) is 1.55. The molecule has 0 aliphatic rings. The molecule has 5 nitrogen and oxygen atoms in total. The molecule has 0 fully saturated rings. The van der Waals surface area contributed by atoms with Gasteiger partial charge in [0.2, 0.25) is 5.43 Å². The van der Waals surface area contributed by atoms with Gasteiger partial charge in [0.1, 0.15) is 17.2 Å². The summed E-state index contributed by atoms with van der Waals surface area (Å²) in [6, 6.07) is 8.40. The first kappa shape index (κ1) is 14.3. The van der Waals surface area contributed by atoms with Crippen LogP contribution in [0.3, 0.4) is 0 Å². The van der Waals surface area contributed by atoms with Gasteiger partial charge in [-0.1, -0.05) is 0 Å². The number of phenols is 1. The lowest BCUT2D eigenvalue weighted by molar-refractivity contribution is 0.242. The number of aromatic nitrogens is 1. The van der Waals surface area contributed by atoms with Crippen LogP contribution in [-0.2, 0) is 0 Å². The van der Waals surface area contributed by atoms with Gasteiger partial charge in [-0.15, -0.1) is 0 Å². The predicted molar refractivity (Wildman–Crippen MR) is 86.1 cm³/mol. The molecular weight excluding hydrogens is 282 g/mol. The van der Waals surface area contributed by atoms with Crippen molar-refractivity contribution in [3.8, 4) is 17.2 Å². The van der Waals surface area contributed by atoms with E-state index in [-0.39, 0.29) is 22.7 Å². The van der Waals surface area contributed by atoms with Crippen molar-refractivity contribution in [1.82, 2.24) is 4.98 Å². The summed E-state index contributed by atoms with van der Waals surface area (Å²) in [5.74, 6) is 1.01. The molecule has 2 aromatic carbocycles. The predicted octanol–water partition coefficient (Wildman–Crippen LogP) is 3.18. The highest BCUT2D eigenvalue weighted by Crippen LogP contribution is 2.29. The molecule has 0 unspecified atom stereocenters. The third-order valence-electron chi connectivity index (χ3n) is 3.43. The van der Waals surface area contributed by atoms with Crippen LogP contribution in [0.5, 0.6) is 17.2 Å². The molecule has 0 saturated carbocycles. The van der Waals surface area contributed by atoms with Crippen LogP contribution in [-0.4, -0.2) is 23.3 Å². The number of ether oxygens (including phenoxy) is 2. The zero-order chi connectivity index (χ0) is 15.9. The van der Waals surface area contributed by atoms with Crippen molar-refractivity contribution in [2.45, 2.75) is 20.0 Å². The average molecular weight is 299 g/mol. The minimum Gasteiger partial charge on any atom is -0.507 e. The molecule has 0 saturated heterocycles. The summed E-state index contributed by atoms with van der Waals surface area (Å²) in [6.07, 6.45) is -0.0201. The number of rotatable bonds is 3. The maximum absolute atomic E-state index is 12.6. The molecule has 114 valence electrons. The van der Waals surface area contributed by atoms with Gasteiger partial charge < -0.3 is 19.6 Å². The fourth-order valence-electron chi connectivity index (χ4n) is 2.51. The number of pyridine rings is 1. The van der Waals surface area contributed by atoms with Crippen molar-refractivity contribution in [2.24, 2.45) is 0 Å². The van der Waals surface area contributed by atoms with Crippen molar-refractivity contribution in [2.75, 3.05) is 7.11 Å². The number of aromatic amines is 1. The van der Waals surface area contributed by atoms with Gasteiger partial charge in [-0.2, -0.15) is 0 Å². The van der Waals surface area contributed by atoms with Crippen LogP contribution in [0.25, 0.3) is 21.8 Å². The average Bonchev–Trinajstić information content (AvgIpc) is 2.46. The molecule has 1 heterocycles. The largest absolute Gasteiger partial charge is 0.507 e. The van der Waals surface area contributed by atoms with Gasteiger partial charge in [0.05, 0.1) is 29.6 Å². The van der Waals surface area contributed by atoms with Crippen LogP contribution in [0.2, 0.25) is 0 Å². The third-order valence-corrected chi connectivity index (χ3v) is 3.43. The highest BCUT2D eigenvalue weighted by atomic mass is 16.5. The molecule has 3 aromatic rings. The molecule has 0 spiro atoms. The van der Waals surface area contributed by atoms with E-state index < -0.39 is 0 Å². The summed E-state index contributed by atoms with van der Waals surface area (Å²) in [5.41, 5.74) is 0.981. The third kappa shape index (κ3) is 2.35. The van der Waals surface area contributed by atoms with E-state index in [4.69, 9.17) is 9.47 Å². The SMILES string of the molecule is COc1ccc2[nH]c3cc(OC(C)C)cc(O)c3c(=O)c2c1. The van der Waals surface area contributed by atoms with E-state index >= 15 is 0 Å². The summed E-state index contributed by atoms with van der Waals surface area (Å²) in [6.45, 7) is 3.80. The lowest BCUT2D eigenvalue weighted by Crippen LogP contribution is -2.08. The number of H-pyrrole nitrogens is 1. The maximum atomic E-state index is 12.6. The fraction of sp³-hybridized carbons (Fsp3) is 0.235. The van der Waals surface area contributed by atoms with E-state index in [0.29, 0.717) is 27.9 Å². The Morgan fingerprint density at radius 3 is 2.55 bits per heavy atom. The molecule has 5 heteroatoms. The lowest BCUT2D eigenvalue weighted by atomic mass is 10.1. The van der Waals surface area contributed by atoms with E-state index in [1.165, 1.54) is 6.07 Å². The molecule has 0 atom stereocenters. The highest BCUT2D eigenvalue weighted by molar-refractivity contribution is 5.96. The molecule has 22 heavy (non-hydrogen) atoms. The number of aromatic hydroxyl groups is 1. The molecule has 0 amide bonds. The van der Waals surface area contributed by atoms with E-state index in [9.17, 15) is 9.90 Å². The molecular formula is C17H17NO4. The van der Waals surface area contributed by atoms with E-state index in [1.54, 1.807) is 31.4 Å². The molecule has 1 aromatic heterocycles. The Hall–Kier alpha value is -2.69. The van der Waals surface area contributed by atoms with Crippen molar-refractivity contribution >= 4 is 21.8 Å². The van der Waals surface area contributed by atoms with Crippen molar-refractivity contribution in [3.05, 3.63) is 40.6 Å². The zero-order valence-electron chi connectivity index (χ0n) is 12.6. The van der Waals surface area contributed by atoms with Crippen LogP contribution < -0.4 is 14.9 Å².